The van der Waals surface area contributed by atoms with E-state index in [1.807, 2.05) is 6.07 Å². The van der Waals surface area contributed by atoms with Gasteiger partial charge in [0.2, 0.25) is 5.96 Å². The largest absolute Gasteiger partial charge is 0.491 e. The van der Waals surface area contributed by atoms with Crippen LogP contribution in [0.25, 0.3) is 0 Å². The molecule has 9 nitrogen and oxygen atoms in total. The fourth-order valence-electron chi connectivity index (χ4n) is 2.78. The Labute approximate surface area is 154 Å². The number of fused-ring (bicyclic) bond motifs is 1. The van der Waals surface area contributed by atoms with E-state index in [0.717, 1.165) is 0 Å². The molecule has 0 radical (unpaired) electrons. The van der Waals surface area contributed by atoms with E-state index in [1.165, 1.54) is 12.1 Å². The Morgan fingerprint density at radius 2 is 2.15 bits per heavy atom. The summed E-state index contributed by atoms with van der Waals surface area (Å²) in [6.07, 6.45) is 1.75. The second kappa shape index (κ2) is 7.06. The number of ether oxygens (including phenoxy) is 1. The molecule has 3 rings (SSSR count). The molecule has 1 aromatic heterocycles. The van der Waals surface area contributed by atoms with Gasteiger partial charge in [0.25, 0.3) is 0 Å². The predicted octanol–water partition coefficient (Wildman–Crippen LogP) is 1.60. The van der Waals surface area contributed by atoms with Gasteiger partial charge in [-0.1, -0.05) is 6.07 Å². The number of nitrogens with one attached hydrogen (secondary N) is 2. The van der Waals surface area contributed by atoms with Crippen molar-refractivity contribution in [2.24, 2.45) is 4.99 Å². The molecule has 2 heterocycles. The summed E-state index contributed by atoms with van der Waals surface area (Å²) in [6, 6.07) is 5.48. The quantitative estimate of drug-likeness (QED) is 0.471. The minimum Gasteiger partial charge on any atom is -0.491 e. The third-order valence-corrected chi connectivity index (χ3v) is 3.93. The molecule has 10 heteroatoms. The molecule has 1 unspecified atom stereocenters. The average Bonchev–Trinajstić information content (AvgIpc) is 2.63. The Balaban J connectivity index is 2.19. The van der Waals surface area contributed by atoms with Gasteiger partial charge in [-0.05, 0) is 24.6 Å². The smallest absolute Gasteiger partial charge is 0.211 e. The molecular formula is C17H15FN8O. The van der Waals surface area contributed by atoms with E-state index in [1.54, 1.807) is 19.2 Å². The minimum atomic E-state index is -0.803. The highest BCUT2D eigenvalue weighted by atomic mass is 19.1. The van der Waals surface area contributed by atoms with Gasteiger partial charge in [-0.25, -0.2) is 14.4 Å². The van der Waals surface area contributed by atoms with E-state index in [9.17, 15) is 9.65 Å². The number of nitrogens with zero attached hydrogens (tertiary/aromatic N) is 4. The fraction of sp³-hybridized carbons (Fsp3) is 0.176. The van der Waals surface area contributed by atoms with Gasteiger partial charge in [0, 0.05) is 5.56 Å². The SMILES string of the molecule is CCOc1ccc(C2N=C(NC#N)Nc3nc(N)c(C#N)c(N)c32)cc1F. The third kappa shape index (κ3) is 3.12. The van der Waals surface area contributed by atoms with Gasteiger partial charge >= 0.3 is 0 Å². The van der Waals surface area contributed by atoms with Crippen molar-refractivity contribution in [1.29, 1.82) is 10.5 Å². The molecule has 1 aliphatic heterocycles. The maximum atomic E-state index is 14.3. The summed E-state index contributed by atoms with van der Waals surface area (Å²) >= 11 is 0. The Bertz CT molecular complexity index is 1020. The van der Waals surface area contributed by atoms with Gasteiger partial charge in [-0.15, -0.1) is 0 Å². The summed E-state index contributed by atoms with van der Waals surface area (Å²) < 4.78 is 19.6. The summed E-state index contributed by atoms with van der Waals surface area (Å²) in [6.45, 7) is 2.07. The summed E-state index contributed by atoms with van der Waals surface area (Å²) in [4.78, 5) is 8.50. The first-order valence-corrected chi connectivity index (χ1v) is 7.91. The van der Waals surface area contributed by atoms with Gasteiger partial charge in [-0.3, -0.25) is 5.32 Å². The molecule has 0 spiro atoms. The number of nitriles is 2. The molecular weight excluding hydrogens is 351 g/mol. The zero-order valence-electron chi connectivity index (χ0n) is 14.2. The van der Waals surface area contributed by atoms with E-state index < -0.39 is 11.9 Å². The summed E-state index contributed by atoms with van der Waals surface area (Å²) in [5.41, 5.74) is 12.8. The number of hydrogen-bond acceptors (Lipinski definition) is 9. The van der Waals surface area contributed by atoms with Crippen molar-refractivity contribution in [2.45, 2.75) is 13.0 Å². The number of rotatable bonds is 3. The predicted molar refractivity (Wildman–Crippen MR) is 97.0 cm³/mol. The Morgan fingerprint density at radius 1 is 1.37 bits per heavy atom. The molecule has 0 fully saturated rings. The van der Waals surface area contributed by atoms with Crippen LogP contribution in [-0.4, -0.2) is 17.6 Å². The number of aliphatic imine (C=N–C) groups is 1. The van der Waals surface area contributed by atoms with E-state index in [-0.39, 0.29) is 34.6 Å². The first kappa shape index (κ1) is 17.8. The number of benzene rings is 1. The van der Waals surface area contributed by atoms with Crippen LogP contribution in [0.5, 0.6) is 5.75 Å². The van der Waals surface area contributed by atoms with Gasteiger partial charge in [-0.2, -0.15) is 10.5 Å². The van der Waals surface area contributed by atoms with Crippen molar-refractivity contribution in [3.8, 4) is 18.0 Å². The topological polar surface area (TPSA) is 158 Å². The van der Waals surface area contributed by atoms with Gasteiger partial charge < -0.3 is 21.5 Å². The zero-order valence-corrected chi connectivity index (χ0v) is 14.2. The zero-order chi connectivity index (χ0) is 19.6. The lowest BCUT2D eigenvalue weighted by Crippen LogP contribution is -2.32. The summed E-state index contributed by atoms with van der Waals surface area (Å²) in [7, 11) is 0. The fourth-order valence-corrected chi connectivity index (χ4v) is 2.78. The first-order valence-electron chi connectivity index (χ1n) is 7.91. The molecule has 136 valence electrons. The Hall–Kier alpha value is -4.05. The summed E-state index contributed by atoms with van der Waals surface area (Å²) in [5, 5.41) is 23.4. The normalized spacial score (nSPS) is 14.8. The number of guanidine groups is 1. The number of halogens is 1. The Morgan fingerprint density at radius 3 is 2.78 bits per heavy atom. The average molecular weight is 366 g/mol. The van der Waals surface area contributed by atoms with Crippen LogP contribution in [0.1, 0.15) is 29.7 Å². The van der Waals surface area contributed by atoms with Gasteiger partial charge in [0.1, 0.15) is 29.3 Å². The molecule has 27 heavy (non-hydrogen) atoms. The molecule has 0 aliphatic carbocycles. The molecule has 0 saturated heterocycles. The second-order valence-corrected chi connectivity index (χ2v) is 5.52. The lowest BCUT2D eigenvalue weighted by molar-refractivity contribution is 0.321. The van der Waals surface area contributed by atoms with Crippen LogP contribution in [-0.2, 0) is 0 Å². The second-order valence-electron chi connectivity index (χ2n) is 5.52. The minimum absolute atomic E-state index is 0.0128. The lowest BCUT2D eigenvalue weighted by atomic mass is 9.95. The van der Waals surface area contributed by atoms with Crippen molar-refractivity contribution < 1.29 is 9.13 Å². The van der Waals surface area contributed by atoms with Crippen molar-refractivity contribution in [1.82, 2.24) is 10.3 Å². The highest BCUT2D eigenvalue weighted by Crippen LogP contribution is 2.41. The lowest BCUT2D eigenvalue weighted by Gasteiger charge is -2.26. The van der Waals surface area contributed by atoms with Crippen molar-refractivity contribution in [3.05, 3.63) is 40.7 Å². The molecule has 0 saturated carbocycles. The van der Waals surface area contributed by atoms with Crippen molar-refractivity contribution >= 4 is 23.3 Å². The monoisotopic (exact) mass is 366 g/mol. The van der Waals surface area contributed by atoms with Gasteiger partial charge in [0.05, 0.1) is 12.3 Å². The number of nitrogens with two attached hydrogens (primary N) is 2. The first-order chi connectivity index (χ1) is 13.0. The molecule has 1 aromatic carbocycles. The summed E-state index contributed by atoms with van der Waals surface area (Å²) in [5.74, 6) is -0.190. The van der Waals surface area contributed by atoms with Crippen LogP contribution in [0, 0.1) is 28.6 Å². The highest BCUT2D eigenvalue weighted by molar-refractivity contribution is 5.98. The number of nitrogen functional groups attached to an aromatic ring is 2. The third-order valence-electron chi connectivity index (χ3n) is 3.93. The standard InChI is InChI=1S/C17H15FN8O/c1-2-27-11-4-3-8(5-10(11)18)14-12-13(21)9(6-19)15(22)25-16(12)26-17(24-14)23-7-20/h3-5,14H,2H2,1H3,(H6,21,22,23,24,25,26). The van der Waals surface area contributed by atoms with E-state index >= 15 is 0 Å². The van der Waals surface area contributed by atoms with Crippen molar-refractivity contribution in [3.63, 3.8) is 0 Å². The molecule has 6 N–H and O–H groups in total. The van der Waals surface area contributed by atoms with Crippen LogP contribution in [0.15, 0.2) is 23.2 Å². The maximum absolute atomic E-state index is 14.3. The van der Waals surface area contributed by atoms with Crippen LogP contribution in [0.3, 0.4) is 0 Å². The van der Waals surface area contributed by atoms with Gasteiger partial charge in [0.15, 0.2) is 17.8 Å². The molecule has 0 bridgehead atoms. The van der Waals surface area contributed by atoms with Crippen LogP contribution in [0.2, 0.25) is 0 Å². The van der Waals surface area contributed by atoms with Crippen LogP contribution < -0.4 is 26.8 Å². The van der Waals surface area contributed by atoms with Crippen molar-refractivity contribution in [2.75, 3.05) is 23.4 Å². The highest BCUT2D eigenvalue weighted by Gasteiger charge is 2.30. The number of aromatic nitrogens is 1. The number of hydrogen-bond donors (Lipinski definition) is 4. The molecule has 2 aromatic rings. The van der Waals surface area contributed by atoms with Crippen LogP contribution in [0.4, 0.5) is 21.7 Å². The van der Waals surface area contributed by atoms with E-state index in [4.69, 9.17) is 21.5 Å². The molecule has 1 aliphatic rings. The molecule has 1 atom stereocenters. The van der Waals surface area contributed by atoms with Crippen LogP contribution >= 0.6 is 0 Å². The molecule has 0 amide bonds. The Kier molecular flexibility index (Phi) is 4.64. The van der Waals surface area contributed by atoms with E-state index in [2.05, 4.69) is 20.6 Å². The van der Waals surface area contributed by atoms with E-state index in [0.29, 0.717) is 17.7 Å². The maximum Gasteiger partial charge on any atom is 0.211 e. The number of pyridine rings is 1. The number of anilines is 3.